The lowest BCUT2D eigenvalue weighted by atomic mass is 10.1. The van der Waals surface area contributed by atoms with Crippen molar-refractivity contribution in [1.82, 2.24) is 0 Å². The second-order valence-corrected chi connectivity index (χ2v) is 5.15. The van der Waals surface area contributed by atoms with Crippen LogP contribution in [-0.2, 0) is 10.1 Å². The van der Waals surface area contributed by atoms with Crippen LogP contribution in [0.1, 0.15) is 25.8 Å². The van der Waals surface area contributed by atoms with Crippen LogP contribution >= 0.6 is 15.9 Å². The van der Waals surface area contributed by atoms with Crippen molar-refractivity contribution in [3.05, 3.63) is 29.3 Å². The first kappa shape index (κ1) is 15.4. The molecule has 0 saturated carbocycles. The third-order valence-corrected chi connectivity index (χ3v) is 3.36. The summed E-state index contributed by atoms with van der Waals surface area (Å²) >= 11 is 3.15. The zero-order chi connectivity index (χ0) is 13.8. The lowest BCUT2D eigenvalue weighted by molar-refractivity contribution is 0.00478. The molecule has 0 aliphatic heterocycles. The van der Waals surface area contributed by atoms with Gasteiger partial charge < -0.3 is 9.47 Å². The maximum Gasteiger partial charge on any atom is 0.190 e. The SMILES string of the molecule is COC(C)(C)CCOc1c(F)cc(CBr)cc1F. The number of alkyl halides is 1. The van der Waals surface area contributed by atoms with Gasteiger partial charge in [-0.15, -0.1) is 0 Å². The number of benzene rings is 1. The third kappa shape index (κ3) is 4.21. The number of hydrogen-bond donors (Lipinski definition) is 0. The van der Waals surface area contributed by atoms with E-state index in [1.54, 1.807) is 7.11 Å². The largest absolute Gasteiger partial charge is 0.487 e. The lowest BCUT2D eigenvalue weighted by Crippen LogP contribution is -2.25. The smallest absolute Gasteiger partial charge is 0.190 e. The molecule has 0 amide bonds. The highest BCUT2D eigenvalue weighted by Crippen LogP contribution is 2.25. The Morgan fingerprint density at radius 1 is 1.22 bits per heavy atom. The summed E-state index contributed by atoms with van der Waals surface area (Å²) in [7, 11) is 1.59. The summed E-state index contributed by atoms with van der Waals surface area (Å²) < 4.78 is 37.5. The van der Waals surface area contributed by atoms with Crippen LogP contribution < -0.4 is 4.74 Å². The number of ether oxygens (including phenoxy) is 2. The molecule has 0 N–H and O–H groups in total. The van der Waals surface area contributed by atoms with E-state index in [2.05, 4.69) is 15.9 Å². The zero-order valence-electron chi connectivity index (χ0n) is 10.7. The quantitative estimate of drug-likeness (QED) is 0.735. The van der Waals surface area contributed by atoms with Crippen LogP contribution in [-0.4, -0.2) is 19.3 Å². The van der Waals surface area contributed by atoms with Gasteiger partial charge in [0.2, 0.25) is 0 Å². The molecule has 0 fully saturated rings. The normalized spacial score (nSPS) is 11.7. The molecule has 0 radical (unpaired) electrons. The van der Waals surface area contributed by atoms with Gasteiger partial charge in [0.25, 0.3) is 0 Å². The molecule has 0 saturated heterocycles. The summed E-state index contributed by atoms with van der Waals surface area (Å²) in [6.07, 6.45) is 0.544. The second-order valence-electron chi connectivity index (χ2n) is 4.58. The number of hydrogen-bond acceptors (Lipinski definition) is 2. The van der Waals surface area contributed by atoms with Gasteiger partial charge in [-0.1, -0.05) is 15.9 Å². The summed E-state index contributed by atoms with van der Waals surface area (Å²) in [4.78, 5) is 0. The van der Waals surface area contributed by atoms with Gasteiger partial charge >= 0.3 is 0 Å². The number of halogens is 3. The monoisotopic (exact) mass is 322 g/mol. The Balaban J connectivity index is 2.68. The molecular formula is C13H17BrF2O2. The fourth-order valence-electron chi connectivity index (χ4n) is 1.33. The molecule has 2 nitrogen and oxygen atoms in total. The van der Waals surface area contributed by atoms with E-state index in [0.717, 1.165) is 0 Å². The minimum Gasteiger partial charge on any atom is -0.487 e. The molecule has 1 aromatic rings. The summed E-state index contributed by atoms with van der Waals surface area (Å²) in [5.74, 6) is -1.69. The molecule has 0 aliphatic carbocycles. The van der Waals surface area contributed by atoms with Crippen LogP contribution in [0.2, 0.25) is 0 Å². The Labute approximate surface area is 114 Å². The van der Waals surface area contributed by atoms with Gasteiger partial charge in [0, 0.05) is 18.9 Å². The molecule has 1 aromatic carbocycles. The highest BCUT2D eigenvalue weighted by Gasteiger charge is 2.18. The van der Waals surface area contributed by atoms with Gasteiger partial charge in [0.05, 0.1) is 12.2 Å². The molecular weight excluding hydrogens is 306 g/mol. The molecule has 5 heteroatoms. The van der Waals surface area contributed by atoms with Gasteiger partial charge in [0.15, 0.2) is 17.4 Å². The van der Waals surface area contributed by atoms with Crippen molar-refractivity contribution in [2.45, 2.75) is 31.2 Å². The van der Waals surface area contributed by atoms with Crippen LogP contribution in [0.4, 0.5) is 8.78 Å². The van der Waals surface area contributed by atoms with Crippen molar-refractivity contribution in [2.24, 2.45) is 0 Å². The van der Waals surface area contributed by atoms with Crippen LogP contribution in [0.15, 0.2) is 12.1 Å². The maximum atomic E-state index is 13.6. The van der Waals surface area contributed by atoms with E-state index < -0.39 is 11.6 Å². The summed E-state index contributed by atoms with van der Waals surface area (Å²) in [5, 5.41) is 0.401. The summed E-state index contributed by atoms with van der Waals surface area (Å²) in [6.45, 7) is 3.97. The van der Waals surface area contributed by atoms with E-state index in [-0.39, 0.29) is 18.0 Å². The van der Waals surface area contributed by atoms with Crippen LogP contribution in [0.5, 0.6) is 5.75 Å². The molecule has 0 heterocycles. The second kappa shape index (κ2) is 6.48. The zero-order valence-corrected chi connectivity index (χ0v) is 12.3. The van der Waals surface area contributed by atoms with Crippen LogP contribution in [0, 0.1) is 11.6 Å². The van der Waals surface area contributed by atoms with E-state index in [4.69, 9.17) is 9.47 Å². The average Bonchev–Trinajstić information content (AvgIpc) is 2.32. The third-order valence-electron chi connectivity index (χ3n) is 2.72. The van der Waals surface area contributed by atoms with Crippen LogP contribution in [0.3, 0.4) is 0 Å². The molecule has 0 aliphatic rings. The van der Waals surface area contributed by atoms with Crippen molar-refractivity contribution in [1.29, 1.82) is 0 Å². The van der Waals surface area contributed by atoms with Gasteiger partial charge in [-0.05, 0) is 31.5 Å². The number of rotatable bonds is 6. The van der Waals surface area contributed by atoms with Gasteiger partial charge in [-0.3, -0.25) is 0 Å². The van der Waals surface area contributed by atoms with Crippen molar-refractivity contribution >= 4 is 15.9 Å². The average molecular weight is 323 g/mol. The highest BCUT2D eigenvalue weighted by atomic mass is 79.9. The van der Waals surface area contributed by atoms with E-state index in [1.807, 2.05) is 13.8 Å². The fourth-order valence-corrected chi connectivity index (χ4v) is 1.65. The van der Waals surface area contributed by atoms with E-state index in [1.165, 1.54) is 12.1 Å². The summed E-state index contributed by atoms with van der Waals surface area (Å²) in [5.41, 5.74) is 0.164. The Morgan fingerprint density at radius 3 is 2.22 bits per heavy atom. The fraction of sp³-hybridized carbons (Fsp3) is 0.538. The van der Waals surface area contributed by atoms with Crippen molar-refractivity contribution in [3.8, 4) is 5.75 Å². The molecule has 18 heavy (non-hydrogen) atoms. The first-order valence-electron chi connectivity index (χ1n) is 5.61. The predicted molar refractivity (Wildman–Crippen MR) is 70.2 cm³/mol. The molecule has 1 rings (SSSR count). The Hall–Kier alpha value is -0.680. The molecule has 102 valence electrons. The molecule has 0 unspecified atom stereocenters. The lowest BCUT2D eigenvalue weighted by Gasteiger charge is -2.22. The Kier molecular flexibility index (Phi) is 5.53. The minimum atomic E-state index is -0.681. The van der Waals surface area contributed by atoms with E-state index in [9.17, 15) is 8.78 Å². The van der Waals surface area contributed by atoms with Crippen LogP contribution in [0.25, 0.3) is 0 Å². The predicted octanol–water partition coefficient (Wildman–Crippen LogP) is 4.05. The topological polar surface area (TPSA) is 18.5 Å². The minimum absolute atomic E-state index is 0.197. The molecule has 0 aromatic heterocycles. The highest BCUT2D eigenvalue weighted by molar-refractivity contribution is 9.08. The number of methoxy groups -OCH3 is 1. The van der Waals surface area contributed by atoms with Gasteiger partial charge in [0.1, 0.15) is 0 Å². The molecule has 0 atom stereocenters. The van der Waals surface area contributed by atoms with Gasteiger partial charge in [-0.25, -0.2) is 8.78 Å². The Morgan fingerprint density at radius 2 is 1.78 bits per heavy atom. The first-order valence-corrected chi connectivity index (χ1v) is 6.73. The Bertz CT molecular complexity index is 385. The first-order chi connectivity index (χ1) is 8.39. The maximum absolute atomic E-state index is 13.6. The summed E-state index contributed by atoms with van der Waals surface area (Å²) in [6, 6.07) is 2.52. The van der Waals surface area contributed by atoms with E-state index in [0.29, 0.717) is 17.3 Å². The van der Waals surface area contributed by atoms with Crippen molar-refractivity contribution in [2.75, 3.05) is 13.7 Å². The molecule has 0 bridgehead atoms. The van der Waals surface area contributed by atoms with Crippen molar-refractivity contribution in [3.63, 3.8) is 0 Å². The standard InChI is InChI=1S/C13H17BrF2O2/c1-13(2,17-3)4-5-18-12-10(15)6-9(8-14)7-11(12)16/h6-7H,4-5,8H2,1-3H3. The van der Waals surface area contributed by atoms with Crippen molar-refractivity contribution < 1.29 is 18.3 Å². The van der Waals surface area contributed by atoms with E-state index >= 15 is 0 Å². The van der Waals surface area contributed by atoms with Gasteiger partial charge in [-0.2, -0.15) is 0 Å². The molecule has 0 spiro atoms.